The SMILES string of the molecule is C[C@H](NC(=O)COc1ccccc1Cc1ccccc1)c1ccc(Cl)cc1. The zero-order valence-corrected chi connectivity index (χ0v) is 15.9. The first-order valence-corrected chi connectivity index (χ1v) is 9.29. The lowest BCUT2D eigenvalue weighted by molar-refractivity contribution is -0.123. The number of carbonyl (C=O) groups is 1. The van der Waals surface area contributed by atoms with Gasteiger partial charge in [-0.1, -0.05) is 72.3 Å². The third kappa shape index (κ3) is 5.60. The maximum atomic E-state index is 12.3. The predicted octanol–water partition coefficient (Wildman–Crippen LogP) is 5.19. The summed E-state index contributed by atoms with van der Waals surface area (Å²) < 4.78 is 5.79. The fourth-order valence-electron chi connectivity index (χ4n) is 2.87. The fraction of sp³-hybridized carbons (Fsp3) is 0.174. The highest BCUT2D eigenvalue weighted by atomic mass is 35.5. The quantitative estimate of drug-likeness (QED) is 0.613. The van der Waals surface area contributed by atoms with Crippen LogP contribution in [0.5, 0.6) is 5.75 Å². The molecule has 1 amide bonds. The van der Waals surface area contributed by atoms with Gasteiger partial charge in [0.05, 0.1) is 6.04 Å². The van der Waals surface area contributed by atoms with E-state index in [4.69, 9.17) is 16.3 Å². The summed E-state index contributed by atoms with van der Waals surface area (Å²) in [5, 5.41) is 3.62. The second kappa shape index (κ2) is 9.24. The zero-order valence-electron chi connectivity index (χ0n) is 15.2. The molecule has 0 unspecified atom stereocenters. The molecule has 0 aliphatic carbocycles. The van der Waals surface area contributed by atoms with Crippen molar-refractivity contribution in [2.24, 2.45) is 0 Å². The van der Waals surface area contributed by atoms with E-state index in [2.05, 4.69) is 17.4 Å². The smallest absolute Gasteiger partial charge is 0.258 e. The summed E-state index contributed by atoms with van der Waals surface area (Å²) in [6, 6.07) is 25.3. The summed E-state index contributed by atoms with van der Waals surface area (Å²) in [5.41, 5.74) is 3.26. The average molecular weight is 380 g/mol. The molecule has 4 heteroatoms. The van der Waals surface area contributed by atoms with Crippen molar-refractivity contribution in [3.63, 3.8) is 0 Å². The van der Waals surface area contributed by atoms with Crippen molar-refractivity contribution in [3.05, 3.63) is 101 Å². The molecule has 3 rings (SSSR count). The summed E-state index contributed by atoms with van der Waals surface area (Å²) in [6.45, 7) is 1.91. The minimum atomic E-state index is -0.160. The molecule has 0 bridgehead atoms. The van der Waals surface area contributed by atoms with E-state index in [0.29, 0.717) is 5.02 Å². The number of halogens is 1. The summed E-state index contributed by atoms with van der Waals surface area (Å²) >= 11 is 5.91. The van der Waals surface area contributed by atoms with Gasteiger partial charge in [-0.2, -0.15) is 0 Å². The Labute approximate surface area is 164 Å². The summed E-state index contributed by atoms with van der Waals surface area (Å²) in [4.78, 5) is 12.3. The van der Waals surface area contributed by atoms with E-state index < -0.39 is 0 Å². The van der Waals surface area contributed by atoms with Crippen LogP contribution in [0.25, 0.3) is 0 Å². The van der Waals surface area contributed by atoms with Crippen LogP contribution in [0, 0.1) is 0 Å². The van der Waals surface area contributed by atoms with Gasteiger partial charge in [0.2, 0.25) is 0 Å². The van der Waals surface area contributed by atoms with Gasteiger partial charge in [0.1, 0.15) is 5.75 Å². The molecule has 0 spiro atoms. The molecule has 0 aliphatic rings. The Kier molecular flexibility index (Phi) is 6.50. The summed E-state index contributed by atoms with van der Waals surface area (Å²) in [6.07, 6.45) is 0.764. The highest BCUT2D eigenvalue weighted by Gasteiger charge is 2.11. The van der Waals surface area contributed by atoms with Crippen molar-refractivity contribution in [1.29, 1.82) is 0 Å². The molecule has 138 valence electrons. The van der Waals surface area contributed by atoms with Gasteiger partial charge in [-0.15, -0.1) is 0 Å². The number of ether oxygens (including phenoxy) is 1. The Morgan fingerprint density at radius 2 is 1.63 bits per heavy atom. The van der Waals surface area contributed by atoms with Gasteiger partial charge >= 0.3 is 0 Å². The Balaban J connectivity index is 1.58. The first kappa shape index (κ1) is 19.0. The van der Waals surface area contributed by atoms with E-state index >= 15 is 0 Å². The topological polar surface area (TPSA) is 38.3 Å². The third-order valence-corrected chi connectivity index (χ3v) is 4.57. The minimum absolute atomic E-state index is 0.0241. The van der Waals surface area contributed by atoms with Crippen LogP contribution < -0.4 is 10.1 Å². The number of para-hydroxylation sites is 1. The number of amides is 1. The first-order chi connectivity index (χ1) is 13.1. The molecule has 0 aliphatic heterocycles. The highest BCUT2D eigenvalue weighted by Crippen LogP contribution is 2.21. The molecule has 3 nitrogen and oxygen atoms in total. The molecule has 3 aromatic rings. The van der Waals surface area contributed by atoms with Crippen molar-refractivity contribution in [2.75, 3.05) is 6.61 Å². The first-order valence-electron chi connectivity index (χ1n) is 8.91. The molecule has 1 N–H and O–H groups in total. The lowest BCUT2D eigenvalue weighted by atomic mass is 10.0. The average Bonchev–Trinajstić information content (AvgIpc) is 2.68. The van der Waals surface area contributed by atoms with Crippen LogP contribution >= 0.6 is 11.6 Å². The van der Waals surface area contributed by atoms with E-state index in [1.807, 2.05) is 73.7 Å². The Morgan fingerprint density at radius 1 is 0.963 bits per heavy atom. The monoisotopic (exact) mass is 379 g/mol. The van der Waals surface area contributed by atoms with Gasteiger partial charge in [0, 0.05) is 11.4 Å². The molecule has 0 heterocycles. The number of hydrogen-bond donors (Lipinski definition) is 1. The van der Waals surface area contributed by atoms with Crippen molar-refractivity contribution in [3.8, 4) is 5.75 Å². The van der Waals surface area contributed by atoms with Crippen LogP contribution in [0.4, 0.5) is 0 Å². The number of rotatable bonds is 7. The number of nitrogens with one attached hydrogen (secondary N) is 1. The zero-order chi connectivity index (χ0) is 19.1. The lowest BCUT2D eigenvalue weighted by Gasteiger charge is -2.16. The molecule has 0 radical (unpaired) electrons. The van der Waals surface area contributed by atoms with Gasteiger partial charge in [0.25, 0.3) is 5.91 Å². The molecule has 1 atom stereocenters. The molecule has 0 saturated heterocycles. The lowest BCUT2D eigenvalue weighted by Crippen LogP contribution is -2.31. The molecule has 0 saturated carbocycles. The normalized spacial score (nSPS) is 11.6. The Bertz CT molecular complexity index is 878. The largest absolute Gasteiger partial charge is 0.483 e. The molecule has 0 aromatic heterocycles. The number of carbonyl (C=O) groups excluding carboxylic acids is 1. The second-order valence-corrected chi connectivity index (χ2v) is 6.84. The Hall–Kier alpha value is -2.78. The summed E-state index contributed by atoms with van der Waals surface area (Å²) in [7, 11) is 0. The number of hydrogen-bond acceptors (Lipinski definition) is 2. The van der Waals surface area contributed by atoms with Crippen LogP contribution in [0.3, 0.4) is 0 Å². The standard InChI is InChI=1S/C23H22ClNO2/c1-17(19-11-13-21(24)14-12-19)25-23(26)16-27-22-10-6-5-9-20(22)15-18-7-3-2-4-8-18/h2-14,17H,15-16H2,1H3,(H,25,26)/t17-/m0/s1. The van der Waals surface area contributed by atoms with Gasteiger partial charge in [-0.05, 0) is 41.8 Å². The van der Waals surface area contributed by atoms with E-state index in [9.17, 15) is 4.79 Å². The molecule has 0 fully saturated rings. The van der Waals surface area contributed by atoms with E-state index in [-0.39, 0.29) is 18.6 Å². The van der Waals surface area contributed by atoms with Crippen LogP contribution in [-0.4, -0.2) is 12.5 Å². The number of benzene rings is 3. The van der Waals surface area contributed by atoms with Crippen LogP contribution in [0.2, 0.25) is 5.02 Å². The molecule has 27 heavy (non-hydrogen) atoms. The maximum absolute atomic E-state index is 12.3. The van der Waals surface area contributed by atoms with E-state index in [1.165, 1.54) is 5.56 Å². The van der Waals surface area contributed by atoms with Crippen LogP contribution in [0.1, 0.15) is 29.7 Å². The second-order valence-electron chi connectivity index (χ2n) is 6.40. The predicted molar refractivity (Wildman–Crippen MR) is 109 cm³/mol. The third-order valence-electron chi connectivity index (χ3n) is 4.32. The Morgan fingerprint density at radius 3 is 2.37 bits per heavy atom. The fourth-order valence-corrected chi connectivity index (χ4v) is 2.99. The van der Waals surface area contributed by atoms with Crippen molar-refractivity contribution < 1.29 is 9.53 Å². The van der Waals surface area contributed by atoms with Gasteiger partial charge in [-0.25, -0.2) is 0 Å². The van der Waals surface area contributed by atoms with Gasteiger partial charge in [0.15, 0.2) is 6.61 Å². The van der Waals surface area contributed by atoms with Crippen molar-refractivity contribution in [2.45, 2.75) is 19.4 Å². The van der Waals surface area contributed by atoms with Gasteiger partial charge in [-0.3, -0.25) is 4.79 Å². The van der Waals surface area contributed by atoms with Crippen molar-refractivity contribution in [1.82, 2.24) is 5.32 Å². The van der Waals surface area contributed by atoms with Crippen LogP contribution in [0.15, 0.2) is 78.9 Å². The minimum Gasteiger partial charge on any atom is -0.483 e. The molecular formula is C23H22ClNO2. The highest BCUT2D eigenvalue weighted by molar-refractivity contribution is 6.30. The molecule has 3 aromatic carbocycles. The van der Waals surface area contributed by atoms with Crippen molar-refractivity contribution >= 4 is 17.5 Å². The maximum Gasteiger partial charge on any atom is 0.258 e. The van der Waals surface area contributed by atoms with Crippen LogP contribution in [-0.2, 0) is 11.2 Å². The van der Waals surface area contributed by atoms with E-state index in [0.717, 1.165) is 23.3 Å². The summed E-state index contributed by atoms with van der Waals surface area (Å²) in [5.74, 6) is 0.572. The van der Waals surface area contributed by atoms with Gasteiger partial charge < -0.3 is 10.1 Å². The van der Waals surface area contributed by atoms with E-state index in [1.54, 1.807) is 0 Å². The molecular weight excluding hydrogens is 358 g/mol.